The fraction of sp³-hybridized carbons (Fsp3) is 0.800. The number of carbonyl (C=O) groups excluding carboxylic acids is 8. The van der Waals surface area contributed by atoms with Crippen LogP contribution < -0.4 is 70.8 Å². The molecule has 17 N–H and O–H groups in total. The maximum absolute atomic E-state index is 13.0. The fourth-order valence-corrected chi connectivity index (χ4v) is 5.83. The molecular weight excluding hydrogens is 833 g/mol. The molecule has 0 spiro atoms. The van der Waals surface area contributed by atoms with Gasteiger partial charge in [-0.15, -0.1) is 0 Å². The second kappa shape index (κ2) is 41.2. The highest BCUT2D eigenvalue weighted by Gasteiger charge is 2.16. The summed E-state index contributed by atoms with van der Waals surface area (Å²) in [7, 11) is 0. The molecule has 24 heteroatoms. The zero-order chi connectivity index (χ0) is 47.6. The molecule has 0 heterocycles. The molecule has 0 aliphatic rings. The van der Waals surface area contributed by atoms with Gasteiger partial charge in [-0.25, -0.2) is 0 Å². The van der Waals surface area contributed by atoms with E-state index in [4.69, 9.17) is 22.9 Å². The lowest BCUT2D eigenvalue weighted by atomic mass is 10.2. The zero-order valence-corrected chi connectivity index (χ0v) is 38.3. The molecule has 0 aromatic heterocycles. The smallest absolute Gasteiger partial charge is 0.221 e. The van der Waals surface area contributed by atoms with Gasteiger partial charge in [0.1, 0.15) is 0 Å². The molecule has 8 amide bonds. The van der Waals surface area contributed by atoms with Gasteiger partial charge in [0.25, 0.3) is 0 Å². The van der Waals surface area contributed by atoms with E-state index in [1.54, 1.807) is 6.92 Å². The largest absolute Gasteiger partial charge is 0.355 e. The molecule has 0 aromatic carbocycles. The predicted molar refractivity (Wildman–Crippen MR) is 245 cm³/mol. The van der Waals surface area contributed by atoms with Crippen LogP contribution in [0, 0.1) is 0 Å². The normalized spacial score (nSPS) is 11.0. The molecule has 0 radical (unpaired) electrons. The number of amides is 8. The Morgan fingerprint density at radius 2 is 0.547 bits per heavy atom. The Morgan fingerprint density at radius 1 is 0.297 bits per heavy atom. The summed E-state index contributed by atoms with van der Waals surface area (Å²) in [6.45, 7) is 10.1. The molecule has 24 nitrogen and oxygen atoms in total. The third kappa shape index (κ3) is 36.9. The van der Waals surface area contributed by atoms with Crippen molar-refractivity contribution < 1.29 is 38.4 Å². The Balaban J connectivity index is 5.32. The summed E-state index contributed by atoms with van der Waals surface area (Å²) in [4.78, 5) is 105. The minimum Gasteiger partial charge on any atom is -0.355 e. The van der Waals surface area contributed by atoms with Crippen LogP contribution in [-0.4, -0.2) is 212 Å². The molecule has 0 fully saturated rings. The standard InChI is InChI=1S/C40H82N16O8/c1-2-33(57)50-20-19-45-14-3-34(58)51-21-30-56(28-8-39(63)52-22-31-54(24-4-35(59)46-15-10-41)25-5-36(60)47-16-11-42)29-9-40(64)53-23-32-55(26-6-37(61)48-17-12-43)27-7-38(62)49-18-13-44/h45H,2-32,41-44H2,1H3,(H,46,59)(H,47,60)(H,48,61)(H,49,62)(H,50,57)(H,51,58)(H,52,63)(H,53,64). The first kappa shape index (κ1) is 59.4. The average molecular weight is 915 g/mol. The van der Waals surface area contributed by atoms with Crippen LogP contribution >= 0.6 is 0 Å². The van der Waals surface area contributed by atoms with E-state index in [2.05, 4.69) is 47.9 Å². The monoisotopic (exact) mass is 915 g/mol. The summed E-state index contributed by atoms with van der Waals surface area (Å²) in [6.07, 6.45) is 1.67. The Labute approximate surface area is 379 Å². The Morgan fingerprint density at radius 3 is 0.812 bits per heavy atom. The zero-order valence-electron chi connectivity index (χ0n) is 38.3. The highest BCUT2D eigenvalue weighted by Crippen LogP contribution is 1.99. The molecule has 0 bridgehead atoms. The van der Waals surface area contributed by atoms with Gasteiger partial charge >= 0.3 is 0 Å². The van der Waals surface area contributed by atoms with Crippen molar-refractivity contribution in [2.24, 2.45) is 22.9 Å². The van der Waals surface area contributed by atoms with Gasteiger partial charge in [0.05, 0.1) is 0 Å². The van der Waals surface area contributed by atoms with Crippen LogP contribution in [0.2, 0.25) is 0 Å². The number of nitrogens with two attached hydrogens (primary N) is 4. The van der Waals surface area contributed by atoms with Crippen molar-refractivity contribution in [2.45, 2.75) is 58.3 Å². The minimum atomic E-state index is -0.227. The molecule has 0 saturated heterocycles. The van der Waals surface area contributed by atoms with E-state index in [1.807, 2.05) is 14.7 Å². The molecule has 0 aliphatic heterocycles. The first-order valence-electron chi connectivity index (χ1n) is 22.7. The van der Waals surface area contributed by atoms with Crippen LogP contribution in [-0.2, 0) is 38.4 Å². The van der Waals surface area contributed by atoms with Gasteiger partial charge in [-0.2, -0.15) is 0 Å². The summed E-state index contributed by atoms with van der Waals surface area (Å²) in [6, 6.07) is 0. The number of hydrogen-bond donors (Lipinski definition) is 13. The molecular formula is C40H82N16O8. The Bertz CT molecular complexity index is 1210. The van der Waals surface area contributed by atoms with Gasteiger partial charge in [0.2, 0.25) is 47.3 Å². The van der Waals surface area contributed by atoms with Gasteiger partial charge in [-0.1, -0.05) is 6.92 Å². The third-order valence-corrected chi connectivity index (χ3v) is 9.52. The van der Waals surface area contributed by atoms with Crippen LogP contribution in [0.4, 0.5) is 0 Å². The average Bonchev–Trinajstić information content (AvgIpc) is 3.28. The van der Waals surface area contributed by atoms with E-state index in [9.17, 15) is 38.4 Å². The summed E-state index contributed by atoms with van der Waals surface area (Å²) in [5.74, 6) is -1.31. The number of nitrogens with one attached hydrogen (secondary N) is 9. The number of hydrogen-bond acceptors (Lipinski definition) is 16. The van der Waals surface area contributed by atoms with Gasteiger partial charge < -0.3 is 85.5 Å². The predicted octanol–water partition coefficient (Wildman–Crippen LogP) is -6.61. The summed E-state index contributed by atoms with van der Waals surface area (Å²) in [5.41, 5.74) is 21.9. The van der Waals surface area contributed by atoms with E-state index in [-0.39, 0.29) is 112 Å². The highest BCUT2D eigenvalue weighted by molar-refractivity contribution is 5.79. The number of carbonyl (C=O) groups is 8. The summed E-state index contributed by atoms with van der Waals surface area (Å²) >= 11 is 0. The first-order valence-corrected chi connectivity index (χ1v) is 22.7. The molecule has 0 saturated carbocycles. The third-order valence-electron chi connectivity index (χ3n) is 9.52. The summed E-state index contributed by atoms with van der Waals surface area (Å²) < 4.78 is 0. The van der Waals surface area contributed by atoms with E-state index < -0.39 is 0 Å². The van der Waals surface area contributed by atoms with Crippen LogP contribution in [0.5, 0.6) is 0 Å². The quantitative estimate of drug-likeness (QED) is 0.0253. The van der Waals surface area contributed by atoms with E-state index in [1.165, 1.54) is 0 Å². The van der Waals surface area contributed by atoms with Crippen molar-refractivity contribution in [3.8, 4) is 0 Å². The van der Waals surface area contributed by atoms with E-state index >= 15 is 0 Å². The minimum absolute atomic E-state index is 0.0413. The summed E-state index contributed by atoms with van der Waals surface area (Å²) in [5, 5.41) is 25.5. The molecule has 0 aromatic rings. The van der Waals surface area contributed by atoms with Crippen LogP contribution in [0.3, 0.4) is 0 Å². The highest BCUT2D eigenvalue weighted by atomic mass is 16.2. The van der Waals surface area contributed by atoms with Crippen molar-refractivity contribution in [1.29, 1.82) is 0 Å². The van der Waals surface area contributed by atoms with Crippen molar-refractivity contribution in [2.75, 3.05) is 151 Å². The van der Waals surface area contributed by atoms with Gasteiger partial charge in [-0.3, -0.25) is 38.4 Å². The Hall–Kier alpha value is -4.56. The second-order valence-corrected chi connectivity index (χ2v) is 14.8. The van der Waals surface area contributed by atoms with Gasteiger partial charge in [0, 0.05) is 202 Å². The SMILES string of the molecule is CCC(=O)NCCNCCC(=O)NCCN(CCC(=O)NCCN(CCC(=O)NCCN)CCC(=O)NCCN)CCC(=O)NCCN(CCC(=O)NCCN)CCC(=O)NCCN. The maximum atomic E-state index is 13.0. The van der Waals surface area contributed by atoms with Crippen LogP contribution in [0.1, 0.15) is 58.3 Å². The fourth-order valence-electron chi connectivity index (χ4n) is 5.83. The van der Waals surface area contributed by atoms with E-state index in [0.717, 1.165) is 0 Å². The molecule has 0 atom stereocenters. The molecule has 0 aliphatic carbocycles. The maximum Gasteiger partial charge on any atom is 0.221 e. The lowest BCUT2D eigenvalue weighted by Gasteiger charge is -2.24. The van der Waals surface area contributed by atoms with Crippen molar-refractivity contribution in [3.05, 3.63) is 0 Å². The first-order chi connectivity index (χ1) is 30.9. The van der Waals surface area contributed by atoms with E-state index in [0.29, 0.717) is 137 Å². The lowest BCUT2D eigenvalue weighted by molar-refractivity contribution is -0.123. The van der Waals surface area contributed by atoms with Gasteiger partial charge in [0.15, 0.2) is 0 Å². The number of rotatable bonds is 42. The van der Waals surface area contributed by atoms with Crippen LogP contribution in [0.25, 0.3) is 0 Å². The molecule has 0 rings (SSSR count). The molecule has 64 heavy (non-hydrogen) atoms. The van der Waals surface area contributed by atoms with Gasteiger partial charge in [-0.05, 0) is 0 Å². The molecule has 0 unspecified atom stereocenters. The second-order valence-electron chi connectivity index (χ2n) is 14.8. The Kier molecular flexibility index (Phi) is 38.2. The lowest BCUT2D eigenvalue weighted by Crippen LogP contribution is -2.42. The van der Waals surface area contributed by atoms with Crippen molar-refractivity contribution in [1.82, 2.24) is 62.6 Å². The van der Waals surface area contributed by atoms with Crippen molar-refractivity contribution >= 4 is 47.3 Å². The van der Waals surface area contributed by atoms with Crippen LogP contribution in [0.15, 0.2) is 0 Å². The van der Waals surface area contributed by atoms with Crippen molar-refractivity contribution in [3.63, 3.8) is 0 Å². The number of nitrogens with zero attached hydrogens (tertiary/aromatic N) is 3. The topological polar surface area (TPSA) is 359 Å². The molecule has 370 valence electrons.